The summed E-state index contributed by atoms with van der Waals surface area (Å²) in [6.45, 7) is 0. The molecule has 0 bridgehead atoms. The lowest BCUT2D eigenvalue weighted by Gasteiger charge is -2.11. The molecule has 4 nitrogen and oxygen atoms in total. The quantitative estimate of drug-likeness (QED) is 0.507. The van der Waals surface area contributed by atoms with Crippen molar-refractivity contribution in [2.24, 2.45) is 0 Å². The summed E-state index contributed by atoms with van der Waals surface area (Å²) in [5.74, 6) is 1.07. The van der Waals surface area contributed by atoms with E-state index in [0.29, 0.717) is 11.5 Å². The third kappa shape index (κ3) is 3.19. The van der Waals surface area contributed by atoms with Gasteiger partial charge in [0.15, 0.2) is 11.5 Å². The van der Waals surface area contributed by atoms with Gasteiger partial charge in [-0.25, -0.2) is 14.4 Å². The van der Waals surface area contributed by atoms with E-state index in [1.165, 1.54) is 18.5 Å². The molecular weight excluding hydrogens is 343 g/mol. The maximum atomic E-state index is 13.3. The van der Waals surface area contributed by atoms with E-state index in [1.807, 2.05) is 36.4 Å². The van der Waals surface area contributed by atoms with E-state index in [2.05, 4.69) is 9.97 Å². The van der Waals surface area contributed by atoms with Crippen molar-refractivity contribution in [3.8, 4) is 33.9 Å². The second-order valence-electron chi connectivity index (χ2n) is 6.03. The van der Waals surface area contributed by atoms with Crippen LogP contribution >= 0.6 is 0 Å². The fourth-order valence-corrected chi connectivity index (χ4v) is 3.09. The molecule has 4 aromatic rings. The minimum atomic E-state index is -0.275. The highest BCUT2D eigenvalue weighted by Crippen LogP contribution is 2.34. The lowest BCUT2D eigenvalue weighted by Crippen LogP contribution is -1.92. The molecule has 4 rings (SSSR count). The molecule has 5 heteroatoms. The van der Waals surface area contributed by atoms with Gasteiger partial charge in [0, 0.05) is 10.9 Å². The molecule has 0 aliphatic heterocycles. The van der Waals surface area contributed by atoms with Crippen molar-refractivity contribution in [1.29, 1.82) is 0 Å². The molecule has 3 aromatic carbocycles. The fourth-order valence-electron chi connectivity index (χ4n) is 3.09. The molecule has 0 aliphatic rings. The largest absolute Gasteiger partial charge is 0.493 e. The van der Waals surface area contributed by atoms with Crippen molar-refractivity contribution in [2.45, 2.75) is 0 Å². The molecule has 0 fully saturated rings. The van der Waals surface area contributed by atoms with E-state index in [1.54, 1.807) is 26.4 Å². The molecule has 27 heavy (non-hydrogen) atoms. The van der Waals surface area contributed by atoms with Crippen molar-refractivity contribution in [1.82, 2.24) is 9.97 Å². The van der Waals surface area contributed by atoms with E-state index < -0.39 is 0 Å². The Balaban J connectivity index is 1.87. The zero-order chi connectivity index (χ0) is 18.8. The van der Waals surface area contributed by atoms with Gasteiger partial charge in [-0.2, -0.15) is 0 Å². The van der Waals surface area contributed by atoms with Gasteiger partial charge in [-0.15, -0.1) is 0 Å². The molecule has 0 N–H and O–H groups in total. The number of halogens is 1. The van der Waals surface area contributed by atoms with Gasteiger partial charge >= 0.3 is 0 Å². The predicted molar refractivity (Wildman–Crippen MR) is 103 cm³/mol. The van der Waals surface area contributed by atoms with Crippen LogP contribution in [0.5, 0.6) is 11.5 Å². The molecule has 1 heterocycles. The Morgan fingerprint density at radius 2 is 1.37 bits per heavy atom. The van der Waals surface area contributed by atoms with E-state index in [9.17, 15) is 4.39 Å². The van der Waals surface area contributed by atoms with E-state index >= 15 is 0 Å². The van der Waals surface area contributed by atoms with Crippen LogP contribution in [0.3, 0.4) is 0 Å². The lowest BCUT2D eigenvalue weighted by molar-refractivity contribution is 0.355. The summed E-state index contributed by atoms with van der Waals surface area (Å²) >= 11 is 0. The summed E-state index contributed by atoms with van der Waals surface area (Å²) in [4.78, 5) is 8.78. The van der Waals surface area contributed by atoms with Crippen molar-refractivity contribution in [2.75, 3.05) is 14.2 Å². The molecule has 0 aliphatic carbocycles. The van der Waals surface area contributed by atoms with Gasteiger partial charge in [0.1, 0.15) is 12.1 Å². The smallest absolute Gasteiger partial charge is 0.161 e. The van der Waals surface area contributed by atoms with Crippen molar-refractivity contribution < 1.29 is 13.9 Å². The first-order chi connectivity index (χ1) is 13.2. The summed E-state index contributed by atoms with van der Waals surface area (Å²) in [6.07, 6.45) is 1.52. The first-order valence-corrected chi connectivity index (χ1v) is 8.42. The Bertz CT molecular complexity index is 1110. The van der Waals surface area contributed by atoms with Gasteiger partial charge in [-0.1, -0.05) is 12.1 Å². The van der Waals surface area contributed by atoms with Crippen LogP contribution in [0.25, 0.3) is 33.3 Å². The van der Waals surface area contributed by atoms with Crippen LogP contribution in [0.4, 0.5) is 4.39 Å². The number of nitrogens with zero attached hydrogens (tertiary/aromatic N) is 2. The normalized spacial score (nSPS) is 10.8. The standard InChI is InChI=1S/C22H17FN2O2/c1-26-20-10-6-16(12-21(20)27-2)15-5-9-19-18(11-15)22(25-13-24-19)14-3-7-17(23)8-4-14/h3-13H,1-2H3. The highest BCUT2D eigenvalue weighted by atomic mass is 19.1. The Kier molecular flexibility index (Phi) is 4.42. The van der Waals surface area contributed by atoms with Gasteiger partial charge in [0.25, 0.3) is 0 Å². The summed E-state index contributed by atoms with van der Waals surface area (Å²) in [5.41, 5.74) is 4.43. The molecular formula is C22H17FN2O2. The number of methoxy groups -OCH3 is 2. The Morgan fingerprint density at radius 3 is 2.11 bits per heavy atom. The number of fused-ring (bicyclic) bond motifs is 1. The highest BCUT2D eigenvalue weighted by molar-refractivity contribution is 5.95. The Hall–Kier alpha value is -3.47. The molecule has 0 saturated carbocycles. The second kappa shape index (κ2) is 7.03. The zero-order valence-corrected chi connectivity index (χ0v) is 14.9. The van der Waals surface area contributed by atoms with Crippen LogP contribution in [0.1, 0.15) is 0 Å². The number of ether oxygens (including phenoxy) is 2. The van der Waals surface area contributed by atoms with E-state index in [-0.39, 0.29) is 5.82 Å². The van der Waals surface area contributed by atoms with Crippen LogP contribution in [0.2, 0.25) is 0 Å². The first kappa shape index (κ1) is 17.0. The number of hydrogen-bond donors (Lipinski definition) is 0. The van der Waals surface area contributed by atoms with Crippen LogP contribution in [-0.2, 0) is 0 Å². The third-order valence-electron chi connectivity index (χ3n) is 4.47. The molecule has 0 amide bonds. The van der Waals surface area contributed by atoms with Gasteiger partial charge in [-0.3, -0.25) is 0 Å². The average Bonchev–Trinajstić information content (AvgIpc) is 2.73. The number of aromatic nitrogens is 2. The minimum Gasteiger partial charge on any atom is -0.493 e. The van der Waals surface area contributed by atoms with Crippen molar-refractivity contribution >= 4 is 10.9 Å². The first-order valence-electron chi connectivity index (χ1n) is 8.42. The highest BCUT2D eigenvalue weighted by Gasteiger charge is 2.10. The molecule has 0 saturated heterocycles. The monoisotopic (exact) mass is 360 g/mol. The number of rotatable bonds is 4. The van der Waals surface area contributed by atoms with Crippen molar-refractivity contribution in [3.63, 3.8) is 0 Å². The van der Waals surface area contributed by atoms with Gasteiger partial charge in [0.05, 0.1) is 25.4 Å². The van der Waals surface area contributed by atoms with Crippen LogP contribution < -0.4 is 9.47 Å². The maximum Gasteiger partial charge on any atom is 0.161 e. The van der Waals surface area contributed by atoms with Gasteiger partial charge < -0.3 is 9.47 Å². The van der Waals surface area contributed by atoms with Crippen molar-refractivity contribution in [3.05, 3.63) is 72.8 Å². The lowest BCUT2D eigenvalue weighted by atomic mass is 10.00. The van der Waals surface area contributed by atoms with E-state index in [4.69, 9.17) is 9.47 Å². The second-order valence-corrected chi connectivity index (χ2v) is 6.03. The molecule has 0 radical (unpaired) electrons. The predicted octanol–water partition coefficient (Wildman–Crippen LogP) is 5.12. The van der Waals surface area contributed by atoms with E-state index in [0.717, 1.165) is 33.3 Å². The SMILES string of the molecule is COc1ccc(-c2ccc3ncnc(-c4ccc(F)cc4)c3c2)cc1OC. The fraction of sp³-hybridized carbons (Fsp3) is 0.0909. The Morgan fingerprint density at radius 1 is 0.704 bits per heavy atom. The average molecular weight is 360 g/mol. The summed E-state index contributed by atoms with van der Waals surface area (Å²) in [5, 5.41) is 0.899. The van der Waals surface area contributed by atoms with Gasteiger partial charge in [-0.05, 0) is 59.7 Å². The summed E-state index contributed by atoms with van der Waals surface area (Å²) in [6, 6.07) is 18.1. The summed E-state index contributed by atoms with van der Waals surface area (Å²) < 4.78 is 24.0. The van der Waals surface area contributed by atoms with Crippen LogP contribution in [0.15, 0.2) is 67.0 Å². The topological polar surface area (TPSA) is 44.2 Å². The van der Waals surface area contributed by atoms with Crippen LogP contribution in [-0.4, -0.2) is 24.2 Å². The minimum absolute atomic E-state index is 0.275. The molecule has 134 valence electrons. The third-order valence-corrected chi connectivity index (χ3v) is 4.47. The number of hydrogen-bond acceptors (Lipinski definition) is 4. The van der Waals surface area contributed by atoms with Gasteiger partial charge in [0.2, 0.25) is 0 Å². The Labute approximate surface area is 156 Å². The molecule has 0 atom stereocenters. The molecule has 0 spiro atoms. The molecule has 1 aromatic heterocycles. The van der Waals surface area contributed by atoms with Crippen LogP contribution in [0, 0.1) is 5.82 Å². The summed E-state index contributed by atoms with van der Waals surface area (Å²) in [7, 11) is 3.22. The number of benzene rings is 3. The zero-order valence-electron chi connectivity index (χ0n) is 14.9. The molecule has 0 unspecified atom stereocenters. The maximum absolute atomic E-state index is 13.3.